The molecule has 1 fully saturated rings. The highest BCUT2D eigenvalue weighted by Gasteiger charge is 2.32. The van der Waals surface area contributed by atoms with Crippen molar-refractivity contribution in [2.75, 3.05) is 0 Å². The number of hydrogen-bond donors (Lipinski definition) is 3. The third-order valence-corrected chi connectivity index (χ3v) is 6.53. The first kappa shape index (κ1) is 21.4. The summed E-state index contributed by atoms with van der Waals surface area (Å²) in [6.45, 7) is 5.48. The Kier molecular flexibility index (Phi) is 6.64. The van der Waals surface area contributed by atoms with Crippen molar-refractivity contribution in [3.05, 3.63) is 29.8 Å². The summed E-state index contributed by atoms with van der Waals surface area (Å²) >= 11 is 0. The van der Waals surface area contributed by atoms with Crippen LogP contribution in [0.4, 0.5) is 0 Å². The number of hydrogen-bond acceptors (Lipinski definition) is 4. The van der Waals surface area contributed by atoms with Gasteiger partial charge in [-0.2, -0.15) is 0 Å². The zero-order valence-corrected chi connectivity index (χ0v) is 16.8. The van der Waals surface area contributed by atoms with Gasteiger partial charge in [0.2, 0.25) is 15.9 Å². The summed E-state index contributed by atoms with van der Waals surface area (Å²) in [5, 5.41) is 11.9. The van der Waals surface area contributed by atoms with Crippen molar-refractivity contribution in [1.29, 1.82) is 0 Å². The van der Waals surface area contributed by atoms with E-state index in [1.807, 2.05) is 13.8 Å². The number of aliphatic carboxylic acids is 1. The number of sulfonamides is 1. The molecule has 3 N–H and O–H groups in total. The first-order chi connectivity index (χ1) is 12.5. The summed E-state index contributed by atoms with van der Waals surface area (Å²) in [7, 11) is -3.48. The van der Waals surface area contributed by atoms with E-state index in [2.05, 4.69) is 10.0 Å². The Morgan fingerprint density at radius 1 is 1.22 bits per heavy atom. The van der Waals surface area contributed by atoms with Crippen LogP contribution in [0, 0.1) is 5.92 Å². The van der Waals surface area contributed by atoms with E-state index in [0.29, 0.717) is 6.42 Å². The Hall–Kier alpha value is -1.93. The number of amides is 1. The molecule has 1 aromatic carbocycles. The topological polar surface area (TPSA) is 113 Å². The lowest BCUT2D eigenvalue weighted by Gasteiger charge is -2.33. The van der Waals surface area contributed by atoms with Gasteiger partial charge in [-0.1, -0.05) is 26.0 Å². The zero-order chi connectivity index (χ0) is 20.2. The van der Waals surface area contributed by atoms with Crippen LogP contribution in [0.5, 0.6) is 0 Å². The Morgan fingerprint density at radius 2 is 1.81 bits per heavy atom. The van der Waals surface area contributed by atoms with Crippen molar-refractivity contribution in [1.82, 2.24) is 10.0 Å². The van der Waals surface area contributed by atoms with E-state index in [1.54, 1.807) is 31.2 Å². The molecule has 0 saturated heterocycles. The number of benzene rings is 1. The zero-order valence-electron chi connectivity index (χ0n) is 16.0. The van der Waals surface area contributed by atoms with Crippen molar-refractivity contribution in [2.45, 2.75) is 69.4 Å². The number of aryl methyl sites for hydroxylation is 1. The van der Waals surface area contributed by atoms with Gasteiger partial charge in [0.1, 0.15) is 0 Å². The Bertz CT molecular complexity index is 785. The molecule has 7 nitrogen and oxygen atoms in total. The minimum atomic E-state index is -3.48. The van der Waals surface area contributed by atoms with Crippen molar-refractivity contribution < 1.29 is 23.1 Å². The van der Waals surface area contributed by atoms with Gasteiger partial charge in [-0.15, -0.1) is 0 Å². The van der Waals surface area contributed by atoms with Crippen LogP contribution < -0.4 is 10.0 Å². The maximum absolute atomic E-state index is 12.3. The maximum Gasteiger partial charge on any atom is 0.305 e. The van der Waals surface area contributed by atoms with E-state index in [-0.39, 0.29) is 35.6 Å². The van der Waals surface area contributed by atoms with E-state index >= 15 is 0 Å². The van der Waals surface area contributed by atoms with Crippen LogP contribution in [-0.4, -0.2) is 37.0 Å². The van der Waals surface area contributed by atoms with Crippen molar-refractivity contribution >= 4 is 21.9 Å². The van der Waals surface area contributed by atoms with Gasteiger partial charge in [-0.25, -0.2) is 13.1 Å². The lowest BCUT2D eigenvalue weighted by molar-refractivity contribution is -0.139. The molecule has 1 amide bonds. The third kappa shape index (κ3) is 6.32. The fourth-order valence-electron chi connectivity index (χ4n) is 2.67. The second kappa shape index (κ2) is 8.39. The highest BCUT2D eigenvalue weighted by atomic mass is 32.2. The smallest absolute Gasteiger partial charge is 0.305 e. The van der Waals surface area contributed by atoms with Gasteiger partial charge in [0.15, 0.2) is 0 Å². The molecule has 1 atom stereocenters. The molecular weight excluding hydrogens is 368 g/mol. The van der Waals surface area contributed by atoms with Crippen LogP contribution in [-0.2, 0) is 26.0 Å². The maximum atomic E-state index is 12.3. The molecule has 1 unspecified atom stereocenters. The molecule has 8 heteroatoms. The molecule has 27 heavy (non-hydrogen) atoms. The van der Waals surface area contributed by atoms with Crippen LogP contribution in [0.2, 0.25) is 0 Å². The molecule has 0 aromatic heterocycles. The molecule has 0 spiro atoms. The highest BCUT2D eigenvalue weighted by Crippen LogP contribution is 2.23. The van der Waals surface area contributed by atoms with E-state index in [9.17, 15) is 18.0 Å². The minimum Gasteiger partial charge on any atom is -0.481 e. The van der Waals surface area contributed by atoms with Gasteiger partial charge >= 0.3 is 5.97 Å². The Morgan fingerprint density at radius 3 is 2.30 bits per heavy atom. The van der Waals surface area contributed by atoms with Crippen molar-refractivity contribution in [2.24, 2.45) is 5.92 Å². The van der Waals surface area contributed by atoms with Crippen molar-refractivity contribution in [3.8, 4) is 0 Å². The molecule has 1 saturated carbocycles. The van der Waals surface area contributed by atoms with E-state index in [0.717, 1.165) is 18.4 Å². The number of carbonyl (C=O) groups excluding carboxylic acids is 1. The second-order valence-corrected chi connectivity index (χ2v) is 9.44. The van der Waals surface area contributed by atoms with Crippen LogP contribution in [0.3, 0.4) is 0 Å². The Balaban J connectivity index is 1.91. The summed E-state index contributed by atoms with van der Waals surface area (Å²) in [5.41, 5.74) is 0.0370. The van der Waals surface area contributed by atoms with E-state index in [4.69, 9.17) is 5.11 Å². The summed E-state index contributed by atoms with van der Waals surface area (Å²) < 4.78 is 26.9. The quantitative estimate of drug-likeness (QED) is 0.560. The predicted octanol–water partition coefficient (Wildman–Crippen LogP) is 2.07. The van der Waals surface area contributed by atoms with E-state index in [1.165, 1.54) is 0 Å². The molecule has 1 aliphatic carbocycles. The normalized spacial score (nSPS) is 16.7. The summed E-state index contributed by atoms with van der Waals surface area (Å²) in [6, 6.07) is 6.54. The molecule has 0 heterocycles. The van der Waals surface area contributed by atoms with Gasteiger partial charge in [-0.3, -0.25) is 9.59 Å². The fourth-order valence-corrected chi connectivity index (χ4v) is 3.97. The lowest BCUT2D eigenvalue weighted by Crippen LogP contribution is -2.51. The second-order valence-electron chi connectivity index (χ2n) is 7.73. The lowest BCUT2D eigenvalue weighted by atomic mass is 9.85. The molecular formula is C19H28N2O5S. The molecule has 2 rings (SSSR count). The SMILES string of the molecule is CC(C)C(C)(CC(=O)O)NC(=O)CCc1ccc(S(=O)(=O)NC2CC2)cc1. The molecule has 0 bridgehead atoms. The molecule has 150 valence electrons. The van der Waals surface area contributed by atoms with Crippen LogP contribution in [0.1, 0.15) is 52.0 Å². The van der Waals surface area contributed by atoms with Gasteiger partial charge in [0.05, 0.1) is 11.3 Å². The van der Waals surface area contributed by atoms with Crippen LogP contribution in [0.15, 0.2) is 29.2 Å². The number of nitrogens with one attached hydrogen (secondary N) is 2. The first-order valence-electron chi connectivity index (χ1n) is 9.16. The molecule has 0 radical (unpaired) electrons. The molecule has 0 aliphatic heterocycles. The summed E-state index contributed by atoms with van der Waals surface area (Å²) in [6.07, 6.45) is 2.27. The molecule has 1 aliphatic rings. The van der Waals surface area contributed by atoms with Crippen LogP contribution in [0.25, 0.3) is 0 Å². The molecule has 1 aromatic rings. The average Bonchev–Trinajstić information content (AvgIpc) is 3.35. The Labute approximate surface area is 160 Å². The van der Waals surface area contributed by atoms with Gasteiger partial charge in [0.25, 0.3) is 0 Å². The monoisotopic (exact) mass is 396 g/mol. The standard InChI is InChI=1S/C19H28N2O5S/c1-13(2)19(3,12-18(23)24)20-17(22)11-6-14-4-9-16(10-5-14)27(25,26)21-15-7-8-15/h4-5,9-10,13,15,21H,6-8,11-12H2,1-3H3,(H,20,22)(H,23,24). The fraction of sp³-hybridized carbons (Fsp3) is 0.579. The number of carbonyl (C=O) groups is 2. The summed E-state index contributed by atoms with van der Waals surface area (Å²) in [4.78, 5) is 23.5. The highest BCUT2D eigenvalue weighted by molar-refractivity contribution is 7.89. The van der Waals surface area contributed by atoms with Gasteiger partial charge in [-0.05, 0) is 49.8 Å². The largest absolute Gasteiger partial charge is 0.481 e. The van der Waals surface area contributed by atoms with Crippen LogP contribution >= 0.6 is 0 Å². The first-order valence-corrected chi connectivity index (χ1v) is 10.6. The average molecular weight is 397 g/mol. The van der Waals surface area contributed by atoms with Crippen molar-refractivity contribution in [3.63, 3.8) is 0 Å². The number of carboxylic acid groups (broad SMARTS) is 1. The van der Waals surface area contributed by atoms with E-state index < -0.39 is 21.5 Å². The number of rotatable bonds is 10. The third-order valence-electron chi connectivity index (χ3n) is 4.99. The summed E-state index contributed by atoms with van der Waals surface area (Å²) in [5.74, 6) is -1.20. The minimum absolute atomic E-state index is 0.0268. The predicted molar refractivity (Wildman–Crippen MR) is 102 cm³/mol. The van der Waals surface area contributed by atoms with Gasteiger partial charge in [0, 0.05) is 18.0 Å². The van der Waals surface area contributed by atoms with Gasteiger partial charge < -0.3 is 10.4 Å². The number of carboxylic acids is 1.